The Morgan fingerprint density at radius 1 is 1.50 bits per heavy atom. The molecule has 0 spiro atoms. The fourth-order valence-corrected chi connectivity index (χ4v) is 1.36. The molecule has 7 nitrogen and oxygen atoms in total. The van der Waals surface area contributed by atoms with Crippen LogP contribution < -0.4 is 11.2 Å². The summed E-state index contributed by atoms with van der Waals surface area (Å²) in [5.41, 5.74) is 8.86. The SMILES string of the molecule is CC(C)CCONC(N)=N/N=C/c1ccccc1Cl.O=CO. The van der Waals surface area contributed by atoms with E-state index < -0.39 is 0 Å². The molecule has 0 amide bonds. The lowest BCUT2D eigenvalue weighted by Crippen LogP contribution is -2.31. The Labute approximate surface area is 134 Å². The molecule has 0 aliphatic rings. The van der Waals surface area contributed by atoms with Crippen LogP contribution in [0.1, 0.15) is 25.8 Å². The molecule has 22 heavy (non-hydrogen) atoms. The van der Waals surface area contributed by atoms with Gasteiger partial charge >= 0.3 is 0 Å². The van der Waals surface area contributed by atoms with Crippen molar-refractivity contribution < 1.29 is 14.7 Å². The molecule has 0 heterocycles. The van der Waals surface area contributed by atoms with Gasteiger partial charge in [-0.05, 0) is 18.4 Å². The topological polar surface area (TPSA) is 109 Å². The van der Waals surface area contributed by atoms with E-state index in [1.165, 1.54) is 6.21 Å². The zero-order valence-electron chi connectivity index (χ0n) is 12.6. The number of halogens is 1. The first-order chi connectivity index (χ1) is 10.5. The first-order valence-corrected chi connectivity index (χ1v) is 6.95. The maximum Gasteiger partial charge on any atom is 0.290 e. The van der Waals surface area contributed by atoms with Crippen LogP contribution in [0.4, 0.5) is 0 Å². The lowest BCUT2D eigenvalue weighted by molar-refractivity contribution is -0.122. The van der Waals surface area contributed by atoms with E-state index in [1.807, 2.05) is 18.2 Å². The number of nitrogens with two attached hydrogens (primary N) is 1. The Morgan fingerprint density at radius 2 is 2.14 bits per heavy atom. The molecule has 0 bridgehead atoms. The molecule has 122 valence electrons. The summed E-state index contributed by atoms with van der Waals surface area (Å²) in [5.74, 6) is 0.685. The standard InChI is InChI=1S/C13H19ClN4O.CH2O2/c1-10(2)7-8-19-18-13(15)17-16-9-11-5-3-4-6-12(11)14;2-1-3/h3-6,9-10H,7-8H2,1-2H3,(H3,15,17,18);1H,(H,2,3)/b16-9+;. The normalized spacial score (nSPS) is 11.2. The van der Waals surface area contributed by atoms with Crippen LogP contribution in [0.15, 0.2) is 34.5 Å². The van der Waals surface area contributed by atoms with E-state index in [0.717, 1.165) is 12.0 Å². The van der Waals surface area contributed by atoms with Crippen LogP contribution in [0.3, 0.4) is 0 Å². The number of nitrogens with one attached hydrogen (secondary N) is 1. The molecular formula is C14H21ClN4O3. The molecule has 0 atom stereocenters. The first kappa shape index (κ1) is 19.9. The highest BCUT2D eigenvalue weighted by atomic mass is 35.5. The number of rotatable bonds is 6. The third-order valence-electron chi connectivity index (χ3n) is 2.24. The molecule has 0 aliphatic heterocycles. The number of nitrogens with zero attached hydrogens (tertiary/aromatic N) is 2. The van der Waals surface area contributed by atoms with E-state index in [2.05, 4.69) is 29.5 Å². The number of carbonyl (C=O) groups is 1. The Morgan fingerprint density at radius 3 is 2.73 bits per heavy atom. The molecule has 0 aromatic heterocycles. The Bertz CT molecular complexity index is 493. The summed E-state index contributed by atoms with van der Waals surface area (Å²) in [4.78, 5) is 13.5. The summed E-state index contributed by atoms with van der Waals surface area (Å²) < 4.78 is 0. The van der Waals surface area contributed by atoms with Gasteiger partial charge in [0.05, 0.1) is 12.8 Å². The van der Waals surface area contributed by atoms with E-state index >= 15 is 0 Å². The minimum absolute atomic E-state index is 0.104. The number of hydrogen-bond donors (Lipinski definition) is 3. The molecule has 0 fully saturated rings. The summed E-state index contributed by atoms with van der Waals surface area (Å²) >= 11 is 5.96. The van der Waals surface area contributed by atoms with E-state index in [4.69, 9.17) is 32.1 Å². The largest absolute Gasteiger partial charge is 0.483 e. The third-order valence-corrected chi connectivity index (χ3v) is 2.59. The van der Waals surface area contributed by atoms with Crippen molar-refractivity contribution in [2.24, 2.45) is 21.9 Å². The summed E-state index contributed by atoms with van der Waals surface area (Å²) in [7, 11) is 0. The monoisotopic (exact) mass is 328 g/mol. The fraction of sp³-hybridized carbons (Fsp3) is 0.357. The molecule has 0 saturated carbocycles. The first-order valence-electron chi connectivity index (χ1n) is 6.58. The van der Waals surface area contributed by atoms with Gasteiger partial charge in [0.15, 0.2) is 0 Å². The van der Waals surface area contributed by atoms with Crippen molar-refractivity contribution in [3.05, 3.63) is 34.9 Å². The highest BCUT2D eigenvalue weighted by Crippen LogP contribution is 2.12. The van der Waals surface area contributed by atoms with E-state index in [1.54, 1.807) is 6.07 Å². The van der Waals surface area contributed by atoms with Gasteiger partial charge in [0.1, 0.15) is 0 Å². The number of guanidine groups is 1. The molecule has 0 unspecified atom stereocenters. The average molecular weight is 329 g/mol. The van der Waals surface area contributed by atoms with Crippen molar-refractivity contribution in [2.75, 3.05) is 6.61 Å². The van der Waals surface area contributed by atoms with Crippen molar-refractivity contribution in [2.45, 2.75) is 20.3 Å². The van der Waals surface area contributed by atoms with Crippen molar-refractivity contribution in [3.63, 3.8) is 0 Å². The minimum Gasteiger partial charge on any atom is -0.483 e. The molecular weight excluding hydrogens is 308 g/mol. The summed E-state index contributed by atoms with van der Waals surface area (Å²) in [6, 6.07) is 7.34. The van der Waals surface area contributed by atoms with Crippen molar-refractivity contribution in [1.82, 2.24) is 5.48 Å². The van der Waals surface area contributed by atoms with Gasteiger partial charge in [0.25, 0.3) is 6.47 Å². The molecule has 1 aromatic rings. The predicted octanol–water partition coefficient (Wildman–Crippen LogP) is 2.26. The number of carboxylic acid groups (broad SMARTS) is 1. The molecule has 0 aliphatic carbocycles. The summed E-state index contributed by atoms with van der Waals surface area (Å²) in [6.45, 7) is 4.56. The maximum atomic E-state index is 8.36. The number of hydroxylamine groups is 1. The second-order valence-corrected chi connectivity index (χ2v) is 4.90. The Balaban J connectivity index is 0.00000135. The summed E-state index contributed by atoms with van der Waals surface area (Å²) in [5, 5.41) is 15.1. The highest BCUT2D eigenvalue weighted by Gasteiger charge is 1.96. The molecule has 0 saturated heterocycles. The quantitative estimate of drug-likeness (QED) is 0.244. The maximum absolute atomic E-state index is 8.36. The van der Waals surface area contributed by atoms with Gasteiger partial charge in [0.2, 0.25) is 5.96 Å². The average Bonchev–Trinajstić information content (AvgIpc) is 2.46. The van der Waals surface area contributed by atoms with Crippen LogP contribution >= 0.6 is 11.6 Å². The van der Waals surface area contributed by atoms with Gasteiger partial charge in [-0.15, -0.1) is 5.10 Å². The minimum atomic E-state index is -0.250. The van der Waals surface area contributed by atoms with Gasteiger partial charge in [-0.1, -0.05) is 43.6 Å². The second-order valence-electron chi connectivity index (χ2n) is 4.49. The zero-order valence-corrected chi connectivity index (χ0v) is 13.3. The molecule has 4 N–H and O–H groups in total. The van der Waals surface area contributed by atoms with Gasteiger partial charge in [-0.3, -0.25) is 9.63 Å². The predicted molar refractivity (Wildman–Crippen MR) is 87.9 cm³/mol. The van der Waals surface area contributed by atoms with Crippen LogP contribution in [0.25, 0.3) is 0 Å². The lowest BCUT2D eigenvalue weighted by atomic mass is 10.1. The van der Waals surface area contributed by atoms with E-state index in [0.29, 0.717) is 17.5 Å². The highest BCUT2D eigenvalue weighted by molar-refractivity contribution is 6.33. The Kier molecular flexibility index (Phi) is 11.4. The van der Waals surface area contributed by atoms with Crippen LogP contribution in [0.2, 0.25) is 5.02 Å². The third kappa shape index (κ3) is 10.6. The summed E-state index contributed by atoms with van der Waals surface area (Å²) in [6.07, 6.45) is 2.48. The van der Waals surface area contributed by atoms with Crippen LogP contribution in [-0.4, -0.2) is 30.4 Å². The van der Waals surface area contributed by atoms with Gasteiger partial charge < -0.3 is 10.8 Å². The van der Waals surface area contributed by atoms with E-state index in [-0.39, 0.29) is 12.4 Å². The molecule has 0 radical (unpaired) electrons. The number of benzene rings is 1. The molecule has 1 rings (SSSR count). The Hall–Kier alpha value is -2.12. The van der Waals surface area contributed by atoms with Crippen LogP contribution in [-0.2, 0) is 9.63 Å². The van der Waals surface area contributed by atoms with Gasteiger partial charge in [0, 0.05) is 10.6 Å². The van der Waals surface area contributed by atoms with E-state index in [9.17, 15) is 0 Å². The van der Waals surface area contributed by atoms with Crippen LogP contribution in [0, 0.1) is 5.92 Å². The fourth-order valence-electron chi connectivity index (χ4n) is 1.17. The van der Waals surface area contributed by atoms with Crippen molar-refractivity contribution in [1.29, 1.82) is 0 Å². The van der Waals surface area contributed by atoms with Crippen LogP contribution in [0.5, 0.6) is 0 Å². The van der Waals surface area contributed by atoms with Crippen molar-refractivity contribution in [3.8, 4) is 0 Å². The molecule has 8 heteroatoms. The van der Waals surface area contributed by atoms with Gasteiger partial charge in [-0.2, -0.15) is 5.10 Å². The molecule has 1 aromatic carbocycles. The lowest BCUT2D eigenvalue weighted by Gasteiger charge is -2.06. The smallest absolute Gasteiger partial charge is 0.290 e. The van der Waals surface area contributed by atoms with Crippen molar-refractivity contribution >= 4 is 30.2 Å². The number of hydrogen-bond acceptors (Lipinski definition) is 4. The van der Waals surface area contributed by atoms with Gasteiger partial charge in [-0.25, -0.2) is 5.48 Å². The zero-order chi connectivity index (χ0) is 16.8. The second kappa shape index (κ2) is 12.6.